The molecule has 0 saturated carbocycles. The Balaban J connectivity index is 1.77. The molecule has 1 unspecified atom stereocenters. The number of aromatic nitrogens is 1. The van der Waals surface area contributed by atoms with E-state index >= 15 is 0 Å². The summed E-state index contributed by atoms with van der Waals surface area (Å²) in [5.74, 6) is -0.196. The Morgan fingerprint density at radius 2 is 2.32 bits per heavy atom. The molecule has 4 nitrogen and oxygen atoms in total. The van der Waals surface area contributed by atoms with E-state index in [9.17, 15) is 4.79 Å². The van der Waals surface area contributed by atoms with E-state index in [1.807, 2.05) is 12.2 Å². The molecule has 2 heterocycles. The standard InChI is InChI=1S/C14H13ClN2O2/c15-10-4-11(7-17-6-10)19-14(18)12-3-1-2-9-5-16-8-13(9)12/h1,3-4,6-7,12,16H,2,5,8H2. The van der Waals surface area contributed by atoms with Crippen molar-refractivity contribution in [2.24, 2.45) is 5.92 Å². The Labute approximate surface area is 116 Å². The van der Waals surface area contributed by atoms with Crippen LogP contribution < -0.4 is 10.1 Å². The molecule has 0 radical (unpaired) electrons. The molecule has 1 aliphatic carbocycles. The Hall–Kier alpha value is -1.65. The predicted octanol–water partition coefficient (Wildman–Crippen LogP) is 2.12. The third kappa shape index (κ3) is 2.55. The number of allylic oxidation sites excluding steroid dienone is 1. The first-order valence-electron chi connectivity index (χ1n) is 6.14. The van der Waals surface area contributed by atoms with Gasteiger partial charge in [-0.05, 0) is 12.0 Å². The molecule has 1 N–H and O–H groups in total. The average Bonchev–Trinajstić information content (AvgIpc) is 2.86. The molecule has 0 spiro atoms. The van der Waals surface area contributed by atoms with Crippen molar-refractivity contribution in [3.63, 3.8) is 0 Å². The van der Waals surface area contributed by atoms with Gasteiger partial charge in [0.2, 0.25) is 0 Å². The highest BCUT2D eigenvalue weighted by Crippen LogP contribution is 2.29. The van der Waals surface area contributed by atoms with Gasteiger partial charge < -0.3 is 10.1 Å². The zero-order valence-electron chi connectivity index (χ0n) is 10.2. The molecule has 2 aliphatic rings. The lowest BCUT2D eigenvalue weighted by Gasteiger charge is -2.18. The molecular weight excluding hydrogens is 264 g/mol. The van der Waals surface area contributed by atoms with Crippen molar-refractivity contribution < 1.29 is 9.53 Å². The van der Waals surface area contributed by atoms with Gasteiger partial charge >= 0.3 is 5.97 Å². The number of hydrogen-bond acceptors (Lipinski definition) is 4. The topological polar surface area (TPSA) is 51.2 Å². The van der Waals surface area contributed by atoms with Crippen molar-refractivity contribution in [2.75, 3.05) is 13.1 Å². The van der Waals surface area contributed by atoms with Gasteiger partial charge in [0.15, 0.2) is 5.75 Å². The van der Waals surface area contributed by atoms with Gasteiger partial charge in [0.25, 0.3) is 0 Å². The van der Waals surface area contributed by atoms with Crippen LogP contribution in [0.15, 0.2) is 41.8 Å². The van der Waals surface area contributed by atoms with E-state index in [2.05, 4.69) is 10.3 Å². The molecule has 0 bridgehead atoms. The SMILES string of the molecule is O=C(Oc1cncc(Cl)c1)C1C=CCC2=C1CNC2. The summed E-state index contributed by atoms with van der Waals surface area (Å²) in [6.45, 7) is 1.62. The smallest absolute Gasteiger partial charge is 0.322 e. The molecule has 0 saturated heterocycles. The van der Waals surface area contributed by atoms with E-state index in [-0.39, 0.29) is 11.9 Å². The molecule has 1 aromatic rings. The van der Waals surface area contributed by atoms with E-state index in [0.29, 0.717) is 10.8 Å². The predicted molar refractivity (Wildman–Crippen MR) is 72.0 cm³/mol. The third-order valence-electron chi connectivity index (χ3n) is 3.33. The number of carbonyl (C=O) groups excluding carboxylic acids is 1. The molecule has 19 heavy (non-hydrogen) atoms. The van der Waals surface area contributed by atoms with E-state index in [0.717, 1.165) is 25.1 Å². The number of pyridine rings is 1. The average molecular weight is 277 g/mol. The maximum atomic E-state index is 12.2. The van der Waals surface area contributed by atoms with Crippen LogP contribution in [0.25, 0.3) is 0 Å². The lowest BCUT2D eigenvalue weighted by Crippen LogP contribution is -2.24. The molecular formula is C14H13ClN2O2. The highest BCUT2D eigenvalue weighted by molar-refractivity contribution is 6.30. The Morgan fingerprint density at radius 1 is 1.42 bits per heavy atom. The Kier molecular flexibility index (Phi) is 3.36. The minimum absolute atomic E-state index is 0.281. The van der Waals surface area contributed by atoms with E-state index in [4.69, 9.17) is 16.3 Å². The van der Waals surface area contributed by atoms with Crippen LogP contribution in [0, 0.1) is 5.92 Å². The fraction of sp³-hybridized carbons (Fsp3) is 0.286. The molecule has 1 atom stereocenters. The quantitative estimate of drug-likeness (QED) is 0.664. The number of carbonyl (C=O) groups is 1. The number of ether oxygens (including phenoxy) is 1. The summed E-state index contributed by atoms with van der Waals surface area (Å²) >= 11 is 5.82. The number of nitrogens with one attached hydrogen (secondary N) is 1. The van der Waals surface area contributed by atoms with Gasteiger partial charge in [-0.1, -0.05) is 29.3 Å². The first-order valence-corrected chi connectivity index (χ1v) is 6.52. The Bertz CT molecular complexity index is 581. The number of halogens is 1. The summed E-state index contributed by atoms with van der Waals surface area (Å²) in [5.41, 5.74) is 2.44. The summed E-state index contributed by atoms with van der Waals surface area (Å²) < 4.78 is 5.34. The molecule has 5 heteroatoms. The lowest BCUT2D eigenvalue weighted by atomic mass is 9.90. The van der Waals surface area contributed by atoms with Crippen molar-refractivity contribution in [3.05, 3.63) is 46.8 Å². The second kappa shape index (κ2) is 5.15. The van der Waals surface area contributed by atoms with Gasteiger partial charge in [-0.2, -0.15) is 0 Å². The van der Waals surface area contributed by atoms with Crippen LogP contribution in [-0.4, -0.2) is 24.0 Å². The minimum Gasteiger partial charge on any atom is -0.424 e. The van der Waals surface area contributed by atoms with Crippen molar-refractivity contribution in [1.29, 1.82) is 0 Å². The van der Waals surface area contributed by atoms with E-state index in [1.54, 1.807) is 6.07 Å². The monoisotopic (exact) mass is 276 g/mol. The van der Waals surface area contributed by atoms with Crippen molar-refractivity contribution >= 4 is 17.6 Å². The van der Waals surface area contributed by atoms with Crippen molar-refractivity contribution in [2.45, 2.75) is 6.42 Å². The molecule has 98 valence electrons. The van der Waals surface area contributed by atoms with Gasteiger partial charge in [0.1, 0.15) is 0 Å². The molecule has 3 rings (SSSR count). The second-order valence-electron chi connectivity index (χ2n) is 4.60. The van der Waals surface area contributed by atoms with Gasteiger partial charge in [0, 0.05) is 25.4 Å². The zero-order valence-corrected chi connectivity index (χ0v) is 11.0. The van der Waals surface area contributed by atoms with Gasteiger partial charge in [-0.25, -0.2) is 0 Å². The fourth-order valence-corrected chi connectivity index (χ4v) is 2.59. The lowest BCUT2D eigenvalue weighted by molar-refractivity contribution is -0.136. The summed E-state index contributed by atoms with van der Waals surface area (Å²) in [7, 11) is 0. The molecule has 1 aliphatic heterocycles. The summed E-state index contributed by atoms with van der Waals surface area (Å²) in [5, 5.41) is 3.72. The van der Waals surface area contributed by atoms with Gasteiger partial charge in [-0.15, -0.1) is 0 Å². The van der Waals surface area contributed by atoms with Crippen molar-refractivity contribution in [1.82, 2.24) is 10.3 Å². The first kappa shape index (κ1) is 12.4. The van der Waals surface area contributed by atoms with Gasteiger partial charge in [-0.3, -0.25) is 9.78 Å². The van der Waals surface area contributed by atoms with Crippen LogP contribution in [0.5, 0.6) is 5.75 Å². The molecule has 0 aromatic carbocycles. The number of nitrogens with zero attached hydrogens (tertiary/aromatic N) is 1. The zero-order chi connectivity index (χ0) is 13.2. The van der Waals surface area contributed by atoms with Gasteiger partial charge in [0.05, 0.1) is 17.1 Å². The highest BCUT2D eigenvalue weighted by atomic mass is 35.5. The van der Waals surface area contributed by atoms with Crippen molar-refractivity contribution in [3.8, 4) is 5.75 Å². The maximum Gasteiger partial charge on any atom is 0.322 e. The minimum atomic E-state index is -0.294. The second-order valence-corrected chi connectivity index (χ2v) is 5.04. The van der Waals surface area contributed by atoms with Crippen LogP contribution in [-0.2, 0) is 4.79 Å². The summed E-state index contributed by atoms with van der Waals surface area (Å²) in [4.78, 5) is 16.1. The fourth-order valence-electron chi connectivity index (χ4n) is 2.43. The Morgan fingerprint density at radius 3 is 3.16 bits per heavy atom. The number of hydrogen-bond donors (Lipinski definition) is 1. The molecule has 1 aromatic heterocycles. The third-order valence-corrected chi connectivity index (χ3v) is 3.54. The maximum absolute atomic E-state index is 12.2. The normalized spacial score (nSPS) is 21.4. The summed E-state index contributed by atoms with van der Waals surface area (Å²) in [6, 6.07) is 1.58. The van der Waals surface area contributed by atoms with E-state index in [1.165, 1.54) is 18.0 Å². The van der Waals surface area contributed by atoms with Crippen LogP contribution in [0.2, 0.25) is 5.02 Å². The van der Waals surface area contributed by atoms with Crippen LogP contribution in [0.1, 0.15) is 6.42 Å². The van der Waals surface area contributed by atoms with Crippen LogP contribution >= 0.6 is 11.6 Å². The molecule has 0 fully saturated rings. The first-order chi connectivity index (χ1) is 9.24. The van der Waals surface area contributed by atoms with E-state index < -0.39 is 0 Å². The molecule has 0 amide bonds. The highest BCUT2D eigenvalue weighted by Gasteiger charge is 2.29. The summed E-state index contributed by atoms with van der Waals surface area (Å²) in [6.07, 6.45) is 7.84. The van der Waals surface area contributed by atoms with Crippen LogP contribution in [0.3, 0.4) is 0 Å². The largest absolute Gasteiger partial charge is 0.424 e. The van der Waals surface area contributed by atoms with Crippen LogP contribution in [0.4, 0.5) is 0 Å². The number of rotatable bonds is 2. The number of esters is 1.